The summed E-state index contributed by atoms with van der Waals surface area (Å²) in [5, 5.41) is 12.7. The summed E-state index contributed by atoms with van der Waals surface area (Å²) < 4.78 is 4.85. The van der Waals surface area contributed by atoms with Crippen molar-refractivity contribution in [3.05, 3.63) is 21.9 Å². The minimum Gasteiger partial charge on any atom is -0.388 e. The Labute approximate surface area is 124 Å². The van der Waals surface area contributed by atoms with E-state index >= 15 is 0 Å². The first kappa shape index (κ1) is 15.5. The Morgan fingerprint density at radius 3 is 2.75 bits per heavy atom. The van der Waals surface area contributed by atoms with Gasteiger partial charge < -0.3 is 15.2 Å². The number of hydrogen-bond acceptors (Lipinski definition) is 4. The van der Waals surface area contributed by atoms with E-state index in [2.05, 4.69) is 11.4 Å². The van der Waals surface area contributed by atoms with Crippen molar-refractivity contribution in [3.63, 3.8) is 0 Å². The molecule has 0 aromatic carbocycles. The van der Waals surface area contributed by atoms with Crippen molar-refractivity contribution in [1.29, 1.82) is 0 Å². The third kappa shape index (κ3) is 3.40. The van der Waals surface area contributed by atoms with Gasteiger partial charge in [0.25, 0.3) is 0 Å². The van der Waals surface area contributed by atoms with Crippen LogP contribution >= 0.6 is 11.3 Å². The summed E-state index contributed by atoms with van der Waals surface area (Å²) in [6.45, 7) is 2.56. The molecule has 1 fully saturated rings. The molecule has 1 aliphatic carbocycles. The number of rotatable bonds is 6. The monoisotopic (exact) mass is 297 g/mol. The number of ether oxygens (including phenoxy) is 1. The van der Waals surface area contributed by atoms with Gasteiger partial charge in [-0.1, -0.05) is 12.8 Å². The molecule has 0 saturated heterocycles. The van der Waals surface area contributed by atoms with Crippen molar-refractivity contribution in [2.45, 2.75) is 44.1 Å². The number of nitrogens with one attached hydrogen (secondary N) is 1. The number of amides is 1. The Morgan fingerprint density at radius 2 is 2.20 bits per heavy atom. The maximum Gasteiger partial charge on any atom is 0.246 e. The molecule has 1 atom stereocenters. The summed E-state index contributed by atoms with van der Waals surface area (Å²) >= 11 is 1.67. The van der Waals surface area contributed by atoms with Gasteiger partial charge in [-0.15, -0.1) is 11.3 Å². The van der Waals surface area contributed by atoms with Crippen molar-refractivity contribution in [3.8, 4) is 0 Å². The third-order valence-electron chi connectivity index (χ3n) is 4.02. The summed E-state index contributed by atoms with van der Waals surface area (Å²) in [6.07, 6.45) is 4.17. The zero-order valence-corrected chi connectivity index (χ0v) is 13.0. The lowest BCUT2D eigenvalue weighted by Gasteiger charge is -2.28. The van der Waals surface area contributed by atoms with Crippen LogP contribution in [-0.4, -0.2) is 31.3 Å². The largest absolute Gasteiger partial charge is 0.388 e. The molecule has 4 nitrogen and oxygen atoms in total. The minimum atomic E-state index is -0.421. The van der Waals surface area contributed by atoms with Gasteiger partial charge in [0.05, 0.1) is 6.10 Å². The Kier molecular flexibility index (Phi) is 5.18. The third-order valence-corrected chi connectivity index (χ3v) is 5.52. The second-order valence-corrected chi connectivity index (χ2v) is 6.69. The van der Waals surface area contributed by atoms with Gasteiger partial charge in [-0.25, -0.2) is 0 Å². The topological polar surface area (TPSA) is 58.6 Å². The van der Waals surface area contributed by atoms with Gasteiger partial charge >= 0.3 is 0 Å². The van der Waals surface area contributed by atoms with Gasteiger partial charge in [-0.2, -0.15) is 0 Å². The van der Waals surface area contributed by atoms with Crippen LogP contribution in [0.5, 0.6) is 0 Å². The first-order valence-corrected chi connectivity index (χ1v) is 7.93. The molecule has 0 bridgehead atoms. The predicted molar refractivity (Wildman–Crippen MR) is 80.0 cm³/mol. The Balaban J connectivity index is 2.10. The van der Waals surface area contributed by atoms with Crippen LogP contribution in [0.4, 0.5) is 0 Å². The lowest BCUT2D eigenvalue weighted by Crippen LogP contribution is -2.39. The number of aliphatic hydroxyl groups excluding tert-OH is 1. The van der Waals surface area contributed by atoms with Crippen LogP contribution in [0.25, 0.3) is 0 Å². The predicted octanol–water partition coefficient (Wildman–Crippen LogP) is 2.38. The van der Waals surface area contributed by atoms with Gasteiger partial charge in [-0.05, 0) is 31.9 Å². The quantitative estimate of drug-likeness (QED) is 0.847. The van der Waals surface area contributed by atoms with E-state index in [0.29, 0.717) is 6.54 Å². The SMILES string of the molecule is COCC(=O)NCC1(c2ccc(C(C)O)s2)CCCC1. The molecule has 20 heavy (non-hydrogen) atoms. The molecule has 1 unspecified atom stereocenters. The van der Waals surface area contributed by atoms with E-state index < -0.39 is 6.10 Å². The van der Waals surface area contributed by atoms with Crippen molar-refractivity contribution in [1.82, 2.24) is 5.32 Å². The lowest BCUT2D eigenvalue weighted by molar-refractivity contribution is -0.125. The number of carbonyl (C=O) groups excluding carboxylic acids is 1. The van der Waals surface area contributed by atoms with E-state index in [1.807, 2.05) is 6.07 Å². The van der Waals surface area contributed by atoms with Gasteiger partial charge in [0.2, 0.25) is 5.91 Å². The van der Waals surface area contributed by atoms with Crippen LogP contribution in [0.2, 0.25) is 0 Å². The van der Waals surface area contributed by atoms with Crippen LogP contribution in [0.15, 0.2) is 12.1 Å². The highest BCUT2D eigenvalue weighted by atomic mass is 32.1. The molecule has 2 N–H and O–H groups in total. The first-order chi connectivity index (χ1) is 9.57. The van der Waals surface area contributed by atoms with Gasteiger partial charge in [0, 0.05) is 28.8 Å². The van der Waals surface area contributed by atoms with Gasteiger partial charge in [0.15, 0.2) is 0 Å². The maximum atomic E-state index is 11.6. The number of aliphatic hydroxyl groups is 1. The number of hydrogen-bond donors (Lipinski definition) is 2. The summed E-state index contributed by atoms with van der Waals surface area (Å²) in [5.41, 5.74) is 0.0429. The molecule has 0 spiro atoms. The van der Waals surface area contributed by atoms with E-state index in [1.54, 1.807) is 18.3 Å². The normalized spacial score (nSPS) is 18.9. The van der Waals surface area contributed by atoms with E-state index in [4.69, 9.17) is 4.74 Å². The summed E-state index contributed by atoms with van der Waals surface area (Å²) in [4.78, 5) is 13.9. The molecule has 1 amide bonds. The molecule has 1 aromatic heterocycles. The zero-order valence-electron chi connectivity index (χ0n) is 12.1. The number of carbonyl (C=O) groups is 1. The van der Waals surface area contributed by atoms with Gasteiger partial charge in [-0.3, -0.25) is 4.79 Å². The first-order valence-electron chi connectivity index (χ1n) is 7.11. The van der Waals surface area contributed by atoms with Crippen LogP contribution < -0.4 is 5.32 Å². The molecule has 0 aliphatic heterocycles. The minimum absolute atomic E-state index is 0.0429. The second-order valence-electron chi connectivity index (χ2n) is 5.58. The van der Waals surface area contributed by atoms with Crippen LogP contribution in [0, 0.1) is 0 Å². The van der Waals surface area contributed by atoms with E-state index in [9.17, 15) is 9.90 Å². The molecule has 1 aliphatic rings. The second kappa shape index (κ2) is 6.70. The highest BCUT2D eigenvalue weighted by Crippen LogP contribution is 2.44. The fraction of sp³-hybridized carbons (Fsp3) is 0.667. The lowest BCUT2D eigenvalue weighted by atomic mass is 9.84. The average molecular weight is 297 g/mol. The Morgan fingerprint density at radius 1 is 1.50 bits per heavy atom. The standard InChI is InChI=1S/C15H23NO3S/c1-11(17)12-5-6-13(20-12)15(7-3-4-8-15)10-16-14(18)9-19-2/h5-6,11,17H,3-4,7-10H2,1-2H3,(H,16,18). The summed E-state index contributed by atoms with van der Waals surface area (Å²) in [6, 6.07) is 4.11. The van der Waals surface area contributed by atoms with Gasteiger partial charge in [0.1, 0.15) is 6.61 Å². The Bertz CT molecular complexity index is 450. The van der Waals surface area contributed by atoms with Crippen molar-refractivity contribution in [2.75, 3.05) is 20.3 Å². The number of methoxy groups -OCH3 is 1. The molecule has 1 saturated carbocycles. The van der Waals surface area contributed by atoms with Crippen molar-refractivity contribution >= 4 is 17.2 Å². The van der Waals surface area contributed by atoms with Crippen LogP contribution in [0.3, 0.4) is 0 Å². The van der Waals surface area contributed by atoms with E-state index in [-0.39, 0.29) is 17.9 Å². The summed E-state index contributed by atoms with van der Waals surface area (Å²) in [5.74, 6) is -0.0638. The van der Waals surface area contributed by atoms with Crippen LogP contribution in [-0.2, 0) is 14.9 Å². The number of thiophene rings is 1. The molecule has 112 valence electrons. The molecule has 1 aromatic rings. The molecular weight excluding hydrogens is 274 g/mol. The van der Waals surface area contributed by atoms with Crippen molar-refractivity contribution < 1.29 is 14.6 Å². The fourth-order valence-electron chi connectivity index (χ4n) is 2.87. The van der Waals surface area contributed by atoms with Crippen LogP contribution in [0.1, 0.15) is 48.5 Å². The van der Waals surface area contributed by atoms with Crippen molar-refractivity contribution in [2.24, 2.45) is 0 Å². The molecular formula is C15H23NO3S. The average Bonchev–Trinajstić information content (AvgIpc) is 3.06. The van der Waals surface area contributed by atoms with E-state index in [1.165, 1.54) is 24.8 Å². The smallest absolute Gasteiger partial charge is 0.246 e. The molecule has 5 heteroatoms. The summed E-state index contributed by atoms with van der Waals surface area (Å²) in [7, 11) is 1.53. The molecule has 1 heterocycles. The highest BCUT2D eigenvalue weighted by Gasteiger charge is 2.37. The zero-order chi connectivity index (χ0) is 14.6. The van der Waals surface area contributed by atoms with E-state index in [0.717, 1.165) is 17.7 Å². The Hall–Kier alpha value is -0.910. The highest BCUT2D eigenvalue weighted by molar-refractivity contribution is 7.12. The fourth-order valence-corrected chi connectivity index (χ4v) is 4.06. The molecule has 0 radical (unpaired) electrons. The maximum absolute atomic E-state index is 11.6. The molecule has 2 rings (SSSR count).